The molecule has 0 saturated carbocycles. The molecule has 9 heteroatoms. The molecule has 1 heterocycles. The van der Waals surface area contributed by atoms with Gasteiger partial charge in [0.1, 0.15) is 10.6 Å². The molecule has 0 atom stereocenters. The Balaban J connectivity index is 1.79. The van der Waals surface area contributed by atoms with E-state index in [1.54, 1.807) is 30.9 Å². The van der Waals surface area contributed by atoms with Gasteiger partial charge in [-0.3, -0.25) is 4.79 Å². The lowest BCUT2D eigenvalue weighted by Crippen LogP contribution is -2.48. The Morgan fingerprint density at radius 2 is 1.65 bits per heavy atom. The summed E-state index contributed by atoms with van der Waals surface area (Å²) < 4.78 is 32.7. The third kappa shape index (κ3) is 4.97. The van der Waals surface area contributed by atoms with E-state index in [1.165, 1.54) is 17.5 Å². The van der Waals surface area contributed by atoms with Crippen LogP contribution in [0.4, 0.5) is 5.69 Å². The van der Waals surface area contributed by atoms with E-state index in [9.17, 15) is 13.2 Å². The number of sulfonamides is 1. The Labute approximate surface area is 189 Å². The van der Waals surface area contributed by atoms with Gasteiger partial charge in [0.2, 0.25) is 10.0 Å². The van der Waals surface area contributed by atoms with Crippen LogP contribution in [-0.2, 0) is 10.0 Å². The smallest absolute Gasteiger partial charge is 0.254 e. The van der Waals surface area contributed by atoms with Crippen molar-refractivity contribution in [2.24, 2.45) is 0 Å². The molecule has 0 unspecified atom stereocenters. The van der Waals surface area contributed by atoms with Crippen LogP contribution in [0, 0.1) is 0 Å². The number of halogens is 1. The maximum absolute atomic E-state index is 13.1. The Morgan fingerprint density at radius 3 is 2.19 bits per heavy atom. The first kappa shape index (κ1) is 23.4. The van der Waals surface area contributed by atoms with E-state index in [1.807, 2.05) is 24.3 Å². The van der Waals surface area contributed by atoms with E-state index < -0.39 is 10.0 Å². The van der Waals surface area contributed by atoms with Crippen LogP contribution in [0.1, 0.15) is 24.2 Å². The maximum atomic E-state index is 13.1. The summed E-state index contributed by atoms with van der Waals surface area (Å²) in [5.41, 5.74) is 1.40. The van der Waals surface area contributed by atoms with Crippen LogP contribution in [0.2, 0.25) is 5.02 Å². The van der Waals surface area contributed by atoms with Gasteiger partial charge in [-0.05, 0) is 42.5 Å². The van der Waals surface area contributed by atoms with Crippen LogP contribution in [0.3, 0.4) is 0 Å². The van der Waals surface area contributed by atoms with Crippen molar-refractivity contribution in [3.05, 3.63) is 53.1 Å². The molecule has 1 saturated heterocycles. The zero-order valence-electron chi connectivity index (χ0n) is 18.0. The minimum atomic E-state index is -3.76. The van der Waals surface area contributed by atoms with Crippen molar-refractivity contribution in [1.29, 1.82) is 0 Å². The first-order valence-electron chi connectivity index (χ1n) is 10.3. The number of rotatable bonds is 7. The third-order valence-corrected chi connectivity index (χ3v) is 7.82. The summed E-state index contributed by atoms with van der Waals surface area (Å²) in [6, 6.07) is 12.2. The zero-order valence-corrected chi connectivity index (χ0v) is 19.6. The van der Waals surface area contributed by atoms with Gasteiger partial charge in [-0.25, -0.2) is 8.42 Å². The quantitative estimate of drug-likeness (QED) is 0.627. The van der Waals surface area contributed by atoms with Gasteiger partial charge in [0.05, 0.1) is 7.11 Å². The summed E-state index contributed by atoms with van der Waals surface area (Å²) in [4.78, 5) is 17.1. The average molecular weight is 466 g/mol. The SMILES string of the molecule is CCN(CC)S(=O)(=O)c1cc(C(=O)N2CCN(c3ccc(Cl)cc3)CC2)ccc1OC. The number of carbonyl (C=O) groups excluding carboxylic acids is 1. The number of nitrogens with zero attached hydrogens (tertiary/aromatic N) is 3. The normalized spacial score (nSPS) is 14.7. The molecule has 0 aromatic heterocycles. The van der Waals surface area contributed by atoms with E-state index >= 15 is 0 Å². The van der Waals surface area contributed by atoms with Gasteiger partial charge in [-0.15, -0.1) is 0 Å². The number of ether oxygens (including phenoxy) is 1. The largest absolute Gasteiger partial charge is 0.495 e. The summed E-state index contributed by atoms with van der Waals surface area (Å²) in [6.07, 6.45) is 0. The van der Waals surface area contributed by atoms with E-state index in [-0.39, 0.29) is 16.6 Å². The Hall–Kier alpha value is -2.29. The molecule has 0 aliphatic carbocycles. The fourth-order valence-corrected chi connectivity index (χ4v) is 5.48. The second-order valence-corrected chi connectivity index (χ2v) is 9.55. The zero-order chi connectivity index (χ0) is 22.6. The van der Waals surface area contributed by atoms with Gasteiger partial charge in [0, 0.05) is 55.5 Å². The van der Waals surface area contributed by atoms with Crippen molar-refractivity contribution >= 4 is 33.2 Å². The van der Waals surface area contributed by atoms with Crippen LogP contribution in [0.25, 0.3) is 0 Å². The highest BCUT2D eigenvalue weighted by molar-refractivity contribution is 7.89. The van der Waals surface area contributed by atoms with Gasteiger partial charge < -0.3 is 14.5 Å². The summed E-state index contributed by atoms with van der Waals surface area (Å²) >= 11 is 5.96. The molecule has 31 heavy (non-hydrogen) atoms. The molecule has 2 aromatic rings. The summed E-state index contributed by atoms with van der Waals surface area (Å²) in [5.74, 6) is 0.0467. The molecule has 1 aliphatic heterocycles. The van der Waals surface area contributed by atoms with Gasteiger partial charge in [-0.1, -0.05) is 25.4 Å². The van der Waals surface area contributed by atoms with Gasteiger partial charge in [0.15, 0.2) is 0 Å². The minimum Gasteiger partial charge on any atom is -0.495 e. The van der Waals surface area contributed by atoms with Crippen molar-refractivity contribution in [3.8, 4) is 5.75 Å². The molecule has 1 aliphatic rings. The highest BCUT2D eigenvalue weighted by atomic mass is 35.5. The second-order valence-electron chi connectivity index (χ2n) is 7.21. The molecular weight excluding hydrogens is 438 g/mol. The standard InChI is InChI=1S/C22H28ClN3O4S/c1-4-26(5-2)31(28,29)21-16-17(6-11-20(21)30-3)22(27)25-14-12-24(13-15-25)19-9-7-18(23)8-10-19/h6-11,16H,4-5,12-15H2,1-3H3. The average Bonchev–Trinajstić information content (AvgIpc) is 2.79. The first-order valence-corrected chi connectivity index (χ1v) is 12.1. The Morgan fingerprint density at radius 1 is 1.03 bits per heavy atom. The monoisotopic (exact) mass is 465 g/mol. The molecule has 0 bridgehead atoms. The number of anilines is 1. The fraction of sp³-hybridized carbons (Fsp3) is 0.409. The van der Waals surface area contributed by atoms with E-state index in [0.717, 1.165) is 5.69 Å². The van der Waals surface area contributed by atoms with E-state index in [0.29, 0.717) is 49.9 Å². The van der Waals surface area contributed by atoms with Crippen molar-refractivity contribution < 1.29 is 17.9 Å². The molecule has 0 N–H and O–H groups in total. The topological polar surface area (TPSA) is 70.2 Å². The highest BCUT2D eigenvalue weighted by Gasteiger charge is 2.28. The summed E-state index contributed by atoms with van der Waals surface area (Å²) in [5, 5.41) is 0.688. The second kappa shape index (κ2) is 9.89. The molecule has 0 spiro atoms. The Bertz CT molecular complexity index is 1020. The molecule has 7 nitrogen and oxygen atoms in total. The predicted octanol–water partition coefficient (Wildman–Crippen LogP) is 3.34. The first-order chi connectivity index (χ1) is 14.8. The van der Waals surface area contributed by atoms with Crippen LogP contribution in [0.15, 0.2) is 47.4 Å². The number of carbonyl (C=O) groups is 1. The lowest BCUT2D eigenvalue weighted by Gasteiger charge is -2.36. The molecular formula is C22H28ClN3O4S. The number of hydrogen-bond acceptors (Lipinski definition) is 5. The van der Waals surface area contributed by atoms with Crippen molar-refractivity contribution in [2.75, 3.05) is 51.3 Å². The van der Waals surface area contributed by atoms with Crippen LogP contribution >= 0.6 is 11.6 Å². The van der Waals surface area contributed by atoms with Crippen LogP contribution in [-0.4, -0.2) is 69.9 Å². The predicted molar refractivity (Wildman–Crippen MR) is 123 cm³/mol. The molecule has 1 amide bonds. The minimum absolute atomic E-state index is 0.0179. The molecule has 2 aromatic carbocycles. The van der Waals surface area contributed by atoms with Crippen molar-refractivity contribution in [2.45, 2.75) is 18.7 Å². The molecule has 1 fully saturated rings. The van der Waals surface area contributed by atoms with Gasteiger partial charge >= 0.3 is 0 Å². The highest BCUT2D eigenvalue weighted by Crippen LogP contribution is 2.29. The van der Waals surface area contributed by atoms with Crippen molar-refractivity contribution in [1.82, 2.24) is 9.21 Å². The van der Waals surface area contributed by atoms with E-state index in [4.69, 9.17) is 16.3 Å². The maximum Gasteiger partial charge on any atom is 0.254 e. The van der Waals surface area contributed by atoms with E-state index in [2.05, 4.69) is 4.90 Å². The van der Waals surface area contributed by atoms with Gasteiger partial charge in [0.25, 0.3) is 5.91 Å². The number of hydrogen-bond donors (Lipinski definition) is 0. The van der Waals surface area contributed by atoms with Crippen LogP contribution in [0.5, 0.6) is 5.75 Å². The molecule has 0 radical (unpaired) electrons. The lowest BCUT2D eigenvalue weighted by atomic mass is 10.1. The number of methoxy groups -OCH3 is 1. The summed E-state index contributed by atoms with van der Waals surface area (Å²) in [6.45, 7) is 6.71. The third-order valence-electron chi connectivity index (χ3n) is 5.49. The Kier molecular flexibility index (Phi) is 7.46. The molecule has 3 rings (SSSR count). The fourth-order valence-electron chi connectivity index (χ4n) is 3.72. The lowest BCUT2D eigenvalue weighted by molar-refractivity contribution is 0.0746. The summed E-state index contributed by atoms with van der Waals surface area (Å²) in [7, 11) is -2.34. The van der Waals surface area contributed by atoms with Crippen LogP contribution < -0.4 is 9.64 Å². The van der Waals surface area contributed by atoms with Crippen molar-refractivity contribution in [3.63, 3.8) is 0 Å². The van der Waals surface area contributed by atoms with Gasteiger partial charge in [-0.2, -0.15) is 4.31 Å². The number of piperazine rings is 1. The number of benzene rings is 2. The number of amides is 1. The molecule has 168 valence electrons.